The third-order valence-electron chi connectivity index (χ3n) is 3.10. The van der Waals surface area contributed by atoms with Gasteiger partial charge in [0.15, 0.2) is 0 Å². The molecule has 0 saturated carbocycles. The van der Waals surface area contributed by atoms with E-state index in [4.69, 9.17) is 4.74 Å². The predicted molar refractivity (Wildman–Crippen MR) is 66.7 cm³/mol. The number of hydrogen-bond donors (Lipinski definition) is 0. The van der Waals surface area contributed by atoms with Gasteiger partial charge < -0.3 is 4.74 Å². The average molecular weight is 227 g/mol. The van der Waals surface area contributed by atoms with Crippen LogP contribution in [0.3, 0.4) is 0 Å². The Bertz CT molecular complexity index is 506. The zero-order chi connectivity index (χ0) is 11.5. The van der Waals surface area contributed by atoms with Crippen molar-refractivity contribution in [2.45, 2.75) is 6.54 Å². The summed E-state index contributed by atoms with van der Waals surface area (Å²) < 4.78 is 5.35. The van der Waals surface area contributed by atoms with Crippen molar-refractivity contribution in [1.29, 1.82) is 0 Å². The number of rotatable bonds is 2. The highest BCUT2D eigenvalue weighted by molar-refractivity contribution is 5.78. The third kappa shape index (κ3) is 2.46. The lowest BCUT2D eigenvalue weighted by Gasteiger charge is -2.26. The molecule has 0 bridgehead atoms. The Morgan fingerprint density at radius 2 is 2.18 bits per heavy atom. The molecule has 3 heteroatoms. The molecule has 2 aromatic rings. The standard InChI is InChI=1S/C14H15N2O/c1-2-13-4-3-12(10-14(13)15-5-1)11-16-6-8-17-9-7-16/h1,3-5,10H,6-9,11H2. The van der Waals surface area contributed by atoms with E-state index in [1.54, 1.807) is 6.20 Å². The van der Waals surface area contributed by atoms with Crippen molar-refractivity contribution < 1.29 is 4.74 Å². The van der Waals surface area contributed by atoms with Crippen LogP contribution in [0.15, 0.2) is 30.5 Å². The van der Waals surface area contributed by atoms with Crippen molar-refractivity contribution >= 4 is 10.9 Å². The monoisotopic (exact) mass is 227 g/mol. The van der Waals surface area contributed by atoms with Crippen molar-refractivity contribution in [2.75, 3.05) is 26.3 Å². The largest absolute Gasteiger partial charge is 0.379 e. The van der Waals surface area contributed by atoms with Gasteiger partial charge in [0.05, 0.1) is 18.7 Å². The number of pyridine rings is 1. The second-order valence-electron chi connectivity index (χ2n) is 4.33. The Kier molecular flexibility index (Phi) is 3.03. The summed E-state index contributed by atoms with van der Waals surface area (Å²) in [5, 5.41) is 1.08. The van der Waals surface area contributed by atoms with Gasteiger partial charge in [0.1, 0.15) is 0 Å². The molecule has 1 radical (unpaired) electrons. The van der Waals surface area contributed by atoms with Gasteiger partial charge in [-0.15, -0.1) is 0 Å². The molecule has 0 N–H and O–H groups in total. The van der Waals surface area contributed by atoms with E-state index < -0.39 is 0 Å². The number of nitrogens with zero attached hydrogens (tertiary/aromatic N) is 2. The van der Waals surface area contributed by atoms with E-state index in [0.29, 0.717) is 0 Å². The summed E-state index contributed by atoms with van der Waals surface area (Å²) in [6.07, 6.45) is 1.79. The SMILES string of the molecule is [c]1ccnc2cc(CN3CCOCC3)ccc12. The quantitative estimate of drug-likeness (QED) is 0.783. The van der Waals surface area contributed by atoms with E-state index in [-0.39, 0.29) is 0 Å². The van der Waals surface area contributed by atoms with Crippen LogP contribution in [0.5, 0.6) is 0 Å². The molecule has 1 fully saturated rings. The van der Waals surface area contributed by atoms with E-state index in [9.17, 15) is 0 Å². The second kappa shape index (κ2) is 4.82. The number of morpholine rings is 1. The first-order chi connectivity index (χ1) is 8.42. The fraction of sp³-hybridized carbons (Fsp3) is 0.357. The van der Waals surface area contributed by atoms with Crippen molar-refractivity contribution in [2.24, 2.45) is 0 Å². The lowest BCUT2D eigenvalue weighted by molar-refractivity contribution is 0.0342. The molecule has 1 aliphatic heterocycles. The molecule has 87 valence electrons. The molecule has 2 heterocycles. The molecule has 0 aliphatic carbocycles. The highest BCUT2D eigenvalue weighted by Crippen LogP contribution is 2.14. The highest BCUT2D eigenvalue weighted by atomic mass is 16.5. The van der Waals surface area contributed by atoms with E-state index in [1.165, 1.54) is 5.56 Å². The van der Waals surface area contributed by atoms with Crippen LogP contribution >= 0.6 is 0 Å². The molecule has 1 aliphatic rings. The summed E-state index contributed by atoms with van der Waals surface area (Å²) in [6, 6.07) is 11.4. The van der Waals surface area contributed by atoms with Gasteiger partial charge >= 0.3 is 0 Å². The molecule has 3 nitrogen and oxygen atoms in total. The Balaban J connectivity index is 1.80. The number of ether oxygens (including phenoxy) is 1. The summed E-state index contributed by atoms with van der Waals surface area (Å²) >= 11 is 0. The van der Waals surface area contributed by atoms with Crippen molar-refractivity contribution in [1.82, 2.24) is 9.88 Å². The Hall–Kier alpha value is -1.45. The first-order valence-electron chi connectivity index (χ1n) is 5.97. The molecular formula is C14H15N2O. The Morgan fingerprint density at radius 3 is 3.06 bits per heavy atom. The minimum absolute atomic E-state index is 0.847. The van der Waals surface area contributed by atoms with Crippen LogP contribution in [0.1, 0.15) is 5.56 Å². The molecule has 0 unspecified atom stereocenters. The predicted octanol–water partition coefficient (Wildman–Crippen LogP) is 1.87. The van der Waals surface area contributed by atoms with Crippen LogP contribution in [-0.2, 0) is 11.3 Å². The molecule has 3 rings (SSSR count). The molecule has 1 saturated heterocycles. The lowest BCUT2D eigenvalue weighted by Crippen LogP contribution is -2.35. The van der Waals surface area contributed by atoms with Crippen LogP contribution in [0.2, 0.25) is 0 Å². The highest BCUT2D eigenvalue weighted by Gasteiger charge is 2.10. The van der Waals surface area contributed by atoms with Gasteiger partial charge in [-0.2, -0.15) is 0 Å². The maximum Gasteiger partial charge on any atom is 0.0711 e. The van der Waals surface area contributed by atoms with E-state index in [0.717, 1.165) is 43.8 Å². The lowest BCUT2D eigenvalue weighted by atomic mass is 10.1. The molecular weight excluding hydrogens is 212 g/mol. The maximum absolute atomic E-state index is 5.35. The molecule has 1 aromatic heterocycles. The number of benzene rings is 1. The van der Waals surface area contributed by atoms with Gasteiger partial charge in [-0.25, -0.2) is 0 Å². The van der Waals surface area contributed by atoms with Crippen LogP contribution in [0.25, 0.3) is 10.9 Å². The Morgan fingerprint density at radius 1 is 1.29 bits per heavy atom. The van der Waals surface area contributed by atoms with E-state index in [2.05, 4.69) is 34.1 Å². The van der Waals surface area contributed by atoms with Crippen molar-refractivity contribution in [3.8, 4) is 0 Å². The molecule has 17 heavy (non-hydrogen) atoms. The van der Waals surface area contributed by atoms with Gasteiger partial charge in [-0.05, 0) is 23.8 Å². The zero-order valence-electron chi connectivity index (χ0n) is 9.72. The molecule has 0 atom stereocenters. The first-order valence-corrected chi connectivity index (χ1v) is 5.97. The van der Waals surface area contributed by atoms with Gasteiger partial charge in [0, 0.05) is 31.2 Å². The molecule has 1 aromatic carbocycles. The summed E-state index contributed by atoms with van der Waals surface area (Å²) in [5.41, 5.74) is 2.34. The number of aromatic nitrogens is 1. The van der Waals surface area contributed by atoms with Crippen molar-refractivity contribution in [3.05, 3.63) is 42.1 Å². The fourth-order valence-electron chi connectivity index (χ4n) is 2.17. The normalized spacial score (nSPS) is 17.4. The molecule has 0 spiro atoms. The Labute approximate surface area is 101 Å². The fourth-order valence-corrected chi connectivity index (χ4v) is 2.17. The van der Waals surface area contributed by atoms with Gasteiger partial charge in [0.2, 0.25) is 0 Å². The van der Waals surface area contributed by atoms with E-state index in [1.807, 2.05) is 6.07 Å². The minimum Gasteiger partial charge on any atom is -0.379 e. The topological polar surface area (TPSA) is 25.4 Å². The smallest absolute Gasteiger partial charge is 0.0711 e. The number of fused-ring (bicyclic) bond motifs is 1. The van der Waals surface area contributed by atoms with Crippen LogP contribution < -0.4 is 0 Å². The van der Waals surface area contributed by atoms with Gasteiger partial charge in [-0.1, -0.05) is 12.1 Å². The van der Waals surface area contributed by atoms with Crippen LogP contribution in [0, 0.1) is 6.07 Å². The minimum atomic E-state index is 0.847. The molecule has 0 amide bonds. The summed E-state index contributed by atoms with van der Waals surface area (Å²) in [4.78, 5) is 6.77. The first kappa shape index (κ1) is 10.7. The summed E-state index contributed by atoms with van der Waals surface area (Å²) in [7, 11) is 0. The summed E-state index contributed by atoms with van der Waals surface area (Å²) in [5.74, 6) is 0. The van der Waals surface area contributed by atoms with Gasteiger partial charge in [0.25, 0.3) is 0 Å². The third-order valence-corrected chi connectivity index (χ3v) is 3.10. The maximum atomic E-state index is 5.35. The second-order valence-corrected chi connectivity index (χ2v) is 4.33. The van der Waals surface area contributed by atoms with Gasteiger partial charge in [-0.3, -0.25) is 9.88 Å². The van der Waals surface area contributed by atoms with Crippen LogP contribution in [-0.4, -0.2) is 36.2 Å². The average Bonchev–Trinajstić information content (AvgIpc) is 2.40. The van der Waals surface area contributed by atoms with E-state index >= 15 is 0 Å². The summed E-state index contributed by atoms with van der Waals surface area (Å²) in [6.45, 7) is 4.72. The zero-order valence-corrected chi connectivity index (χ0v) is 9.72. The van der Waals surface area contributed by atoms with Crippen molar-refractivity contribution in [3.63, 3.8) is 0 Å². The number of hydrogen-bond acceptors (Lipinski definition) is 3. The van der Waals surface area contributed by atoms with Crippen LogP contribution in [0.4, 0.5) is 0 Å².